The molecule has 0 spiro atoms. The van der Waals surface area contributed by atoms with Crippen molar-refractivity contribution in [3.8, 4) is 5.69 Å². The molecule has 0 radical (unpaired) electrons. The summed E-state index contributed by atoms with van der Waals surface area (Å²) in [4.78, 5) is 24.7. The minimum absolute atomic E-state index is 0.00615. The van der Waals surface area contributed by atoms with E-state index in [9.17, 15) is 14.0 Å². The third-order valence-corrected chi connectivity index (χ3v) is 4.66. The van der Waals surface area contributed by atoms with Gasteiger partial charge in [0.25, 0.3) is 5.91 Å². The summed E-state index contributed by atoms with van der Waals surface area (Å²) in [7, 11) is 0. The lowest BCUT2D eigenvalue weighted by atomic mass is 10.1. The number of rotatable bonds is 6. The van der Waals surface area contributed by atoms with E-state index in [2.05, 4.69) is 15.7 Å². The van der Waals surface area contributed by atoms with Gasteiger partial charge in [-0.15, -0.1) is 0 Å². The van der Waals surface area contributed by atoms with Crippen LogP contribution in [0.2, 0.25) is 0 Å². The lowest BCUT2D eigenvalue weighted by Crippen LogP contribution is -2.28. The zero-order valence-corrected chi connectivity index (χ0v) is 16.0. The minimum atomic E-state index is -0.559. The molecule has 150 valence electrons. The van der Waals surface area contributed by atoms with Gasteiger partial charge in [-0.05, 0) is 41.1 Å². The van der Waals surface area contributed by atoms with Crippen LogP contribution in [0.4, 0.5) is 10.1 Å². The van der Waals surface area contributed by atoms with Crippen LogP contribution >= 0.6 is 0 Å². The number of aromatic nitrogens is 2. The number of para-hydroxylation sites is 1. The summed E-state index contributed by atoms with van der Waals surface area (Å²) >= 11 is 0. The van der Waals surface area contributed by atoms with Gasteiger partial charge in [0, 0.05) is 30.9 Å². The first-order valence-corrected chi connectivity index (χ1v) is 9.47. The second-order valence-electron chi connectivity index (χ2n) is 6.70. The number of hydrogen-bond acceptors (Lipinski definition) is 3. The molecule has 30 heavy (non-hydrogen) atoms. The molecule has 0 unspecified atom stereocenters. The molecule has 3 aromatic carbocycles. The number of fused-ring (bicyclic) bond motifs is 1. The molecule has 0 aliphatic heterocycles. The number of carbonyl (C=O) groups excluding carboxylic acids is 2. The third-order valence-electron chi connectivity index (χ3n) is 4.66. The standard InChI is InChI=1S/C23H19FN4O2/c24-19-7-3-8-20(28-14-4-12-26-28)22(19)27-21(29)11-13-25-23(30)18-10-9-16-5-1-2-6-17(16)15-18/h1-10,12,14-15H,11,13H2,(H,25,30)(H,27,29). The fraction of sp³-hybridized carbons (Fsp3) is 0.0870. The topological polar surface area (TPSA) is 76.0 Å². The molecule has 0 aliphatic rings. The Balaban J connectivity index is 1.37. The van der Waals surface area contributed by atoms with Gasteiger partial charge in [0.15, 0.2) is 0 Å². The Bertz CT molecular complexity index is 1210. The smallest absolute Gasteiger partial charge is 0.251 e. The van der Waals surface area contributed by atoms with Crippen molar-refractivity contribution in [2.24, 2.45) is 0 Å². The molecule has 0 atom stereocenters. The first kappa shape index (κ1) is 19.3. The fourth-order valence-corrected chi connectivity index (χ4v) is 3.16. The molecule has 0 fully saturated rings. The summed E-state index contributed by atoms with van der Waals surface area (Å²) in [5.41, 5.74) is 0.991. The van der Waals surface area contributed by atoms with Crippen LogP contribution in [0.3, 0.4) is 0 Å². The van der Waals surface area contributed by atoms with E-state index in [4.69, 9.17) is 0 Å². The molecule has 0 bridgehead atoms. The Morgan fingerprint density at radius 3 is 2.60 bits per heavy atom. The number of halogens is 1. The van der Waals surface area contributed by atoms with E-state index in [-0.39, 0.29) is 24.6 Å². The zero-order chi connectivity index (χ0) is 20.9. The van der Waals surface area contributed by atoms with Crippen LogP contribution in [0.15, 0.2) is 79.1 Å². The van der Waals surface area contributed by atoms with Gasteiger partial charge in [-0.2, -0.15) is 5.10 Å². The van der Waals surface area contributed by atoms with E-state index in [1.165, 1.54) is 10.7 Å². The number of anilines is 1. The maximum absolute atomic E-state index is 14.3. The van der Waals surface area contributed by atoms with Crippen LogP contribution in [0.5, 0.6) is 0 Å². The fourth-order valence-electron chi connectivity index (χ4n) is 3.16. The molecule has 2 amide bonds. The Kier molecular flexibility index (Phi) is 5.52. The SMILES string of the molecule is O=C(CCNC(=O)c1ccc2ccccc2c1)Nc1c(F)cccc1-n1cccn1. The van der Waals surface area contributed by atoms with Gasteiger partial charge in [0.05, 0.1) is 5.69 Å². The van der Waals surface area contributed by atoms with Crippen molar-refractivity contribution in [3.05, 3.63) is 90.5 Å². The second-order valence-corrected chi connectivity index (χ2v) is 6.70. The molecule has 0 saturated carbocycles. The van der Waals surface area contributed by atoms with Gasteiger partial charge in [-0.3, -0.25) is 9.59 Å². The van der Waals surface area contributed by atoms with Gasteiger partial charge < -0.3 is 10.6 Å². The molecule has 4 rings (SSSR count). The minimum Gasteiger partial charge on any atom is -0.352 e. The quantitative estimate of drug-likeness (QED) is 0.513. The highest BCUT2D eigenvalue weighted by molar-refractivity contribution is 5.99. The predicted molar refractivity (Wildman–Crippen MR) is 113 cm³/mol. The molecule has 2 N–H and O–H groups in total. The van der Waals surface area contributed by atoms with E-state index in [0.717, 1.165) is 10.8 Å². The van der Waals surface area contributed by atoms with Crippen molar-refractivity contribution in [2.45, 2.75) is 6.42 Å². The third kappa shape index (κ3) is 4.20. The summed E-state index contributed by atoms with van der Waals surface area (Å²) in [5, 5.41) is 11.4. The van der Waals surface area contributed by atoms with E-state index >= 15 is 0 Å². The summed E-state index contributed by atoms with van der Waals surface area (Å²) in [5.74, 6) is -1.24. The maximum Gasteiger partial charge on any atom is 0.251 e. The first-order valence-electron chi connectivity index (χ1n) is 9.47. The number of nitrogens with zero attached hydrogens (tertiary/aromatic N) is 2. The Morgan fingerprint density at radius 2 is 1.80 bits per heavy atom. The number of hydrogen-bond donors (Lipinski definition) is 2. The number of benzene rings is 3. The van der Waals surface area contributed by atoms with E-state index in [1.54, 1.807) is 42.7 Å². The van der Waals surface area contributed by atoms with E-state index in [1.807, 2.05) is 30.3 Å². The van der Waals surface area contributed by atoms with E-state index in [0.29, 0.717) is 11.3 Å². The monoisotopic (exact) mass is 402 g/mol. The lowest BCUT2D eigenvalue weighted by Gasteiger charge is -2.12. The summed E-state index contributed by atoms with van der Waals surface area (Å²) in [6.45, 7) is 0.128. The highest BCUT2D eigenvalue weighted by atomic mass is 19.1. The van der Waals surface area contributed by atoms with Gasteiger partial charge in [-0.1, -0.05) is 36.4 Å². The number of nitrogens with one attached hydrogen (secondary N) is 2. The van der Waals surface area contributed by atoms with Crippen LogP contribution in [0.25, 0.3) is 16.5 Å². The zero-order valence-electron chi connectivity index (χ0n) is 16.0. The van der Waals surface area contributed by atoms with Crippen molar-refractivity contribution in [1.82, 2.24) is 15.1 Å². The van der Waals surface area contributed by atoms with Gasteiger partial charge in [-0.25, -0.2) is 9.07 Å². The van der Waals surface area contributed by atoms with Crippen molar-refractivity contribution in [3.63, 3.8) is 0 Å². The molecule has 4 aromatic rings. The Morgan fingerprint density at radius 1 is 0.967 bits per heavy atom. The molecule has 1 heterocycles. The summed E-state index contributed by atoms with van der Waals surface area (Å²) in [6.07, 6.45) is 3.24. The second kappa shape index (κ2) is 8.57. The van der Waals surface area contributed by atoms with Gasteiger partial charge in [0.1, 0.15) is 11.5 Å². The van der Waals surface area contributed by atoms with Crippen molar-refractivity contribution >= 4 is 28.3 Å². The van der Waals surface area contributed by atoms with Crippen LogP contribution in [-0.4, -0.2) is 28.1 Å². The highest BCUT2D eigenvalue weighted by Crippen LogP contribution is 2.23. The van der Waals surface area contributed by atoms with Crippen LogP contribution in [0.1, 0.15) is 16.8 Å². The molecule has 7 heteroatoms. The van der Waals surface area contributed by atoms with Gasteiger partial charge in [0.2, 0.25) is 5.91 Å². The van der Waals surface area contributed by atoms with Gasteiger partial charge >= 0.3 is 0 Å². The normalized spacial score (nSPS) is 10.7. The molecule has 0 aliphatic carbocycles. The Hall–Kier alpha value is -4.00. The summed E-state index contributed by atoms with van der Waals surface area (Å²) < 4.78 is 15.7. The highest BCUT2D eigenvalue weighted by Gasteiger charge is 2.14. The Labute approximate surface area is 172 Å². The van der Waals surface area contributed by atoms with Crippen LogP contribution in [0, 0.1) is 5.82 Å². The first-order chi connectivity index (χ1) is 14.6. The molecule has 0 saturated heterocycles. The average molecular weight is 402 g/mol. The van der Waals surface area contributed by atoms with Crippen LogP contribution in [-0.2, 0) is 4.79 Å². The average Bonchev–Trinajstić information content (AvgIpc) is 3.29. The molecular weight excluding hydrogens is 383 g/mol. The molecule has 1 aromatic heterocycles. The van der Waals surface area contributed by atoms with E-state index < -0.39 is 11.7 Å². The number of amides is 2. The van der Waals surface area contributed by atoms with Crippen molar-refractivity contribution in [2.75, 3.05) is 11.9 Å². The van der Waals surface area contributed by atoms with Crippen molar-refractivity contribution in [1.29, 1.82) is 0 Å². The maximum atomic E-state index is 14.3. The molecule has 6 nitrogen and oxygen atoms in total. The summed E-state index contributed by atoms with van der Waals surface area (Å²) in [6, 6.07) is 19.4. The molecular formula is C23H19FN4O2. The van der Waals surface area contributed by atoms with Crippen molar-refractivity contribution < 1.29 is 14.0 Å². The lowest BCUT2D eigenvalue weighted by molar-refractivity contribution is -0.116. The largest absolute Gasteiger partial charge is 0.352 e. The predicted octanol–water partition coefficient (Wildman–Crippen LogP) is 3.92. The van der Waals surface area contributed by atoms with Crippen LogP contribution < -0.4 is 10.6 Å². The number of carbonyl (C=O) groups is 2.